The van der Waals surface area contributed by atoms with Gasteiger partial charge in [0.2, 0.25) is 0 Å². The van der Waals surface area contributed by atoms with E-state index in [1.165, 1.54) is 50.3 Å². The van der Waals surface area contributed by atoms with Crippen LogP contribution in [0.2, 0.25) is 0 Å². The van der Waals surface area contributed by atoms with Crippen molar-refractivity contribution < 1.29 is 0 Å². The molecule has 1 saturated carbocycles. The standard InChI is InChI=1S/C11H20N2S/c1-2-11(1)13-5-3-9(7-13)12-10-4-6-14-8-10/h9-12H,1-8H2. The zero-order valence-electron chi connectivity index (χ0n) is 8.74. The molecule has 2 unspecified atom stereocenters. The predicted molar refractivity (Wildman–Crippen MR) is 61.9 cm³/mol. The van der Waals surface area contributed by atoms with Crippen molar-refractivity contribution in [1.82, 2.24) is 10.2 Å². The molecule has 2 nitrogen and oxygen atoms in total. The molecule has 0 bridgehead atoms. The summed E-state index contributed by atoms with van der Waals surface area (Å²) in [6, 6.07) is 2.60. The SMILES string of the molecule is C1CC(NC2CCN(C3CC3)C2)CS1. The quantitative estimate of drug-likeness (QED) is 0.759. The molecular weight excluding hydrogens is 192 g/mol. The third-order valence-electron chi connectivity index (χ3n) is 3.68. The normalized spacial score (nSPS) is 39.4. The predicted octanol–water partition coefficient (Wildman–Crippen LogP) is 1.32. The summed E-state index contributed by atoms with van der Waals surface area (Å²) in [6.07, 6.45) is 5.71. The van der Waals surface area contributed by atoms with Crippen LogP contribution in [0.5, 0.6) is 0 Å². The topological polar surface area (TPSA) is 15.3 Å². The third kappa shape index (κ3) is 2.10. The van der Waals surface area contributed by atoms with Gasteiger partial charge in [-0.2, -0.15) is 11.8 Å². The van der Waals surface area contributed by atoms with Gasteiger partial charge in [-0.3, -0.25) is 4.90 Å². The fourth-order valence-electron chi connectivity index (χ4n) is 2.69. The Morgan fingerprint density at radius 1 is 1.07 bits per heavy atom. The zero-order valence-corrected chi connectivity index (χ0v) is 9.56. The van der Waals surface area contributed by atoms with E-state index in [4.69, 9.17) is 0 Å². The van der Waals surface area contributed by atoms with Gasteiger partial charge in [0.1, 0.15) is 0 Å². The first-order chi connectivity index (χ1) is 6.92. The summed E-state index contributed by atoms with van der Waals surface area (Å²) < 4.78 is 0. The average Bonchev–Trinajstić information content (AvgIpc) is 2.75. The molecule has 0 radical (unpaired) electrons. The van der Waals surface area contributed by atoms with Crippen molar-refractivity contribution in [2.24, 2.45) is 0 Å². The number of nitrogens with zero attached hydrogens (tertiary/aromatic N) is 1. The molecule has 80 valence electrons. The third-order valence-corrected chi connectivity index (χ3v) is 4.85. The lowest BCUT2D eigenvalue weighted by atomic mass is 10.2. The van der Waals surface area contributed by atoms with Crippen molar-refractivity contribution in [3.63, 3.8) is 0 Å². The van der Waals surface area contributed by atoms with E-state index in [2.05, 4.69) is 22.0 Å². The minimum absolute atomic E-state index is 0.805. The monoisotopic (exact) mass is 212 g/mol. The molecule has 0 aromatic rings. The van der Waals surface area contributed by atoms with E-state index >= 15 is 0 Å². The fraction of sp³-hybridized carbons (Fsp3) is 1.00. The Balaban J connectivity index is 1.45. The second kappa shape index (κ2) is 4.03. The van der Waals surface area contributed by atoms with Crippen LogP contribution in [0.1, 0.15) is 25.7 Å². The highest BCUT2D eigenvalue weighted by molar-refractivity contribution is 7.99. The van der Waals surface area contributed by atoms with Crippen LogP contribution < -0.4 is 5.32 Å². The second-order valence-electron chi connectivity index (χ2n) is 4.94. The van der Waals surface area contributed by atoms with Crippen LogP contribution in [0.15, 0.2) is 0 Å². The van der Waals surface area contributed by atoms with Gasteiger partial charge in [0.05, 0.1) is 0 Å². The summed E-state index contributed by atoms with van der Waals surface area (Å²) in [6.45, 7) is 2.67. The van der Waals surface area contributed by atoms with Gasteiger partial charge in [-0.25, -0.2) is 0 Å². The van der Waals surface area contributed by atoms with Crippen LogP contribution in [0.4, 0.5) is 0 Å². The van der Waals surface area contributed by atoms with Gasteiger partial charge in [0, 0.05) is 37.0 Å². The molecule has 3 aliphatic rings. The lowest BCUT2D eigenvalue weighted by Crippen LogP contribution is -2.40. The first kappa shape index (κ1) is 9.49. The van der Waals surface area contributed by atoms with Crippen LogP contribution >= 0.6 is 11.8 Å². The van der Waals surface area contributed by atoms with Gasteiger partial charge in [-0.15, -0.1) is 0 Å². The molecular formula is C11H20N2S. The van der Waals surface area contributed by atoms with E-state index in [1.54, 1.807) is 0 Å². The van der Waals surface area contributed by atoms with Crippen molar-refractivity contribution in [2.75, 3.05) is 24.6 Å². The average molecular weight is 212 g/mol. The van der Waals surface area contributed by atoms with E-state index < -0.39 is 0 Å². The molecule has 1 aliphatic carbocycles. The number of thioether (sulfide) groups is 1. The van der Waals surface area contributed by atoms with Gasteiger partial charge in [0.25, 0.3) is 0 Å². The van der Waals surface area contributed by atoms with Gasteiger partial charge in [-0.1, -0.05) is 0 Å². The molecule has 3 heteroatoms. The summed E-state index contributed by atoms with van der Waals surface area (Å²) in [4.78, 5) is 2.69. The Bertz CT molecular complexity index is 199. The first-order valence-corrected chi connectivity index (χ1v) is 7.15. The highest BCUT2D eigenvalue weighted by Gasteiger charge is 2.35. The molecule has 0 amide bonds. The molecule has 0 aromatic carbocycles. The molecule has 2 atom stereocenters. The van der Waals surface area contributed by atoms with E-state index in [0.29, 0.717) is 0 Å². The van der Waals surface area contributed by atoms with Crippen molar-refractivity contribution in [1.29, 1.82) is 0 Å². The zero-order chi connectivity index (χ0) is 9.38. The summed E-state index contributed by atoms with van der Waals surface area (Å²) in [5, 5.41) is 3.83. The van der Waals surface area contributed by atoms with Crippen LogP contribution in [0, 0.1) is 0 Å². The van der Waals surface area contributed by atoms with Gasteiger partial charge >= 0.3 is 0 Å². The second-order valence-corrected chi connectivity index (χ2v) is 6.09. The van der Waals surface area contributed by atoms with E-state index in [-0.39, 0.29) is 0 Å². The molecule has 0 spiro atoms. The summed E-state index contributed by atoms with van der Waals surface area (Å²) in [7, 11) is 0. The van der Waals surface area contributed by atoms with Gasteiger partial charge in [-0.05, 0) is 31.4 Å². The Kier molecular flexibility index (Phi) is 2.73. The highest BCUT2D eigenvalue weighted by Crippen LogP contribution is 2.30. The number of rotatable bonds is 3. The van der Waals surface area contributed by atoms with Crippen molar-refractivity contribution in [3.05, 3.63) is 0 Å². The van der Waals surface area contributed by atoms with Gasteiger partial charge in [0.15, 0.2) is 0 Å². The minimum Gasteiger partial charge on any atom is -0.309 e. The maximum absolute atomic E-state index is 3.83. The molecule has 14 heavy (non-hydrogen) atoms. The summed E-state index contributed by atoms with van der Waals surface area (Å²) in [5.41, 5.74) is 0. The lowest BCUT2D eigenvalue weighted by Gasteiger charge is -2.19. The molecule has 2 aliphatic heterocycles. The summed E-state index contributed by atoms with van der Waals surface area (Å²) >= 11 is 2.11. The molecule has 3 rings (SSSR count). The number of hydrogen-bond acceptors (Lipinski definition) is 3. The maximum Gasteiger partial charge on any atom is 0.0210 e. The molecule has 1 N–H and O–H groups in total. The van der Waals surface area contributed by atoms with Crippen molar-refractivity contribution in [3.8, 4) is 0 Å². The van der Waals surface area contributed by atoms with E-state index in [1.807, 2.05) is 0 Å². The smallest absolute Gasteiger partial charge is 0.0210 e. The maximum atomic E-state index is 3.83. The molecule has 2 saturated heterocycles. The Morgan fingerprint density at radius 3 is 2.71 bits per heavy atom. The molecule has 2 heterocycles. The van der Waals surface area contributed by atoms with Crippen molar-refractivity contribution in [2.45, 2.75) is 43.8 Å². The van der Waals surface area contributed by atoms with Gasteiger partial charge < -0.3 is 5.32 Å². The Hall–Kier alpha value is 0.270. The van der Waals surface area contributed by atoms with E-state index in [0.717, 1.165) is 18.1 Å². The van der Waals surface area contributed by atoms with Crippen LogP contribution in [-0.4, -0.2) is 47.6 Å². The fourth-order valence-corrected chi connectivity index (χ4v) is 3.86. The Morgan fingerprint density at radius 2 is 2.00 bits per heavy atom. The largest absolute Gasteiger partial charge is 0.309 e. The van der Waals surface area contributed by atoms with Crippen LogP contribution in [0.25, 0.3) is 0 Å². The molecule has 0 aromatic heterocycles. The van der Waals surface area contributed by atoms with E-state index in [9.17, 15) is 0 Å². The minimum atomic E-state index is 0.805. The van der Waals surface area contributed by atoms with Crippen LogP contribution in [-0.2, 0) is 0 Å². The number of likely N-dealkylation sites (tertiary alicyclic amines) is 1. The highest BCUT2D eigenvalue weighted by atomic mass is 32.2. The molecule has 3 fully saturated rings. The Labute approximate surface area is 90.8 Å². The summed E-state index contributed by atoms with van der Waals surface area (Å²) in [5.74, 6) is 2.72. The number of hydrogen-bond donors (Lipinski definition) is 1. The first-order valence-electron chi connectivity index (χ1n) is 5.99. The van der Waals surface area contributed by atoms with Crippen molar-refractivity contribution >= 4 is 11.8 Å². The lowest BCUT2D eigenvalue weighted by molar-refractivity contribution is 0.313. The number of nitrogens with one attached hydrogen (secondary N) is 1. The van der Waals surface area contributed by atoms with Crippen LogP contribution in [0.3, 0.4) is 0 Å².